The third-order valence-electron chi connectivity index (χ3n) is 4.87. The largest absolute Gasteiger partial charge is 0.352 e. The predicted octanol–water partition coefficient (Wildman–Crippen LogP) is 4.21. The van der Waals surface area contributed by atoms with Gasteiger partial charge >= 0.3 is 0 Å². The van der Waals surface area contributed by atoms with Gasteiger partial charge in [0.1, 0.15) is 6.04 Å². The van der Waals surface area contributed by atoms with Crippen LogP contribution >= 0.6 is 34.8 Å². The van der Waals surface area contributed by atoms with E-state index in [1.807, 2.05) is 0 Å². The molecule has 0 aliphatic heterocycles. The van der Waals surface area contributed by atoms with Crippen LogP contribution in [0.15, 0.2) is 47.4 Å². The van der Waals surface area contributed by atoms with E-state index in [-0.39, 0.29) is 23.4 Å². The first kappa shape index (κ1) is 27.4. The van der Waals surface area contributed by atoms with Gasteiger partial charge in [0.05, 0.1) is 11.4 Å². The lowest BCUT2D eigenvalue weighted by Crippen LogP contribution is -2.51. The average molecular weight is 535 g/mol. The van der Waals surface area contributed by atoms with Crippen molar-refractivity contribution in [3.8, 4) is 0 Å². The Bertz CT molecular complexity index is 1090. The van der Waals surface area contributed by atoms with Gasteiger partial charge in [0.15, 0.2) is 0 Å². The number of benzene rings is 2. The highest BCUT2D eigenvalue weighted by Gasteiger charge is 2.31. The molecule has 0 aliphatic carbocycles. The Morgan fingerprint density at radius 2 is 1.52 bits per heavy atom. The average Bonchev–Trinajstić information content (AvgIpc) is 2.72. The normalized spacial score (nSPS) is 12.6. The van der Waals surface area contributed by atoms with Gasteiger partial charge in [-0.05, 0) is 57.2 Å². The van der Waals surface area contributed by atoms with Crippen LogP contribution in [0.1, 0.15) is 26.3 Å². The molecule has 33 heavy (non-hydrogen) atoms. The van der Waals surface area contributed by atoms with Crippen LogP contribution in [0.3, 0.4) is 0 Å². The van der Waals surface area contributed by atoms with Crippen molar-refractivity contribution >= 4 is 56.6 Å². The first-order valence-corrected chi connectivity index (χ1v) is 12.7. The van der Waals surface area contributed by atoms with E-state index in [2.05, 4.69) is 5.32 Å². The van der Waals surface area contributed by atoms with E-state index in [9.17, 15) is 18.0 Å². The van der Waals surface area contributed by atoms with Gasteiger partial charge in [0, 0.05) is 40.3 Å². The van der Waals surface area contributed by atoms with Gasteiger partial charge < -0.3 is 10.2 Å². The van der Waals surface area contributed by atoms with E-state index in [0.717, 1.165) is 4.31 Å². The minimum absolute atomic E-state index is 0.00602. The molecule has 2 aromatic rings. The van der Waals surface area contributed by atoms with Gasteiger partial charge in [-0.3, -0.25) is 9.59 Å². The second-order valence-electron chi connectivity index (χ2n) is 7.78. The molecule has 0 aromatic heterocycles. The number of rotatable bonds is 9. The molecule has 0 spiro atoms. The molecule has 11 heteroatoms. The number of carbonyl (C=O) groups excluding carboxylic acids is 2. The van der Waals surface area contributed by atoms with Gasteiger partial charge in [0.25, 0.3) is 0 Å². The first-order chi connectivity index (χ1) is 15.3. The van der Waals surface area contributed by atoms with Gasteiger partial charge in [-0.2, -0.15) is 4.31 Å². The number of halogens is 3. The first-order valence-electron chi connectivity index (χ1n) is 10.1. The van der Waals surface area contributed by atoms with Crippen molar-refractivity contribution in [2.45, 2.75) is 44.3 Å². The Balaban J connectivity index is 2.34. The van der Waals surface area contributed by atoms with Crippen LogP contribution in [0.4, 0.5) is 0 Å². The Hall–Kier alpha value is -1.84. The molecule has 2 amide bonds. The van der Waals surface area contributed by atoms with Crippen molar-refractivity contribution in [2.75, 3.05) is 13.6 Å². The van der Waals surface area contributed by atoms with Crippen LogP contribution < -0.4 is 5.32 Å². The van der Waals surface area contributed by atoms with E-state index in [0.29, 0.717) is 20.6 Å². The number of nitrogens with zero attached hydrogens (tertiary/aromatic N) is 2. The summed E-state index contributed by atoms with van der Waals surface area (Å²) in [5.41, 5.74) is 0.460. The highest BCUT2D eigenvalue weighted by molar-refractivity contribution is 7.89. The minimum Gasteiger partial charge on any atom is -0.352 e. The molecule has 2 rings (SSSR count). The SMILES string of the molecule is CC(C)NC(=O)C(C)N(Cc1c(Cl)cccc1Cl)C(=O)CN(C)S(=O)(=O)c1ccc(Cl)cc1. The fourth-order valence-corrected chi connectivity index (χ4v) is 4.76. The second kappa shape index (κ2) is 11.5. The standard InChI is InChI=1S/C22H26Cl3N3O4S/c1-14(2)26-22(30)15(3)28(12-18-19(24)6-5-7-20(18)25)21(29)13-27(4)33(31,32)17-10-8-16(23)9-11-17/h5-11,14-15H,12-13H2,1-4H3,(H,26,30). The number of sulfonamides is 1. The van der Waals surface area contributed by atoms with E-state index in [1.165, 1.54) is 36.2 Å². The maximum atomic E-state index is 13.3. The van der Waals surface area contributed by atoms with Crippen LogP contribution in [-0.4, -0.2) is 55.1 Å². The number of hydrogen-bond acceptors (Lipinski definition) is 4. The van der Waals surface area contributed by atoms with Gasteiger partial charge in [-0.25, -0.2) is 8.42 Å². The lowest BCUT2D eigenvalue weighted by Gasteiger charge is -2.31. The smallest absolute Gasteiger partial charge is 0.243 e. The van der Waals surface area contributed by atoms with Crippen LogP contribution in [0.5, 0.6) is 0 Å². The maximum Gasteiger partial charge on any atom is 0.243 e. The summed E-state index contributed by atoms with van der Waals surface area (Å²) in [4.78, 5) is 27.2. The van der Waals surface area contributed by atoms with E-state index in [4.69, 9.17) is 34.8 Å². The van der Waals surface area contributed by atoms with E-state index >= 15 is 0 Å². The fourth-order valence-electron chi connectivity index (χ4n) is 2.99. The quantitative estimate of drug-likeness (QED) is 0.522. The van der Waals surface area contributed by atoms with Crippen LogP contribution in [0.25, 0.3) is 0 Å². The van der Waals surface area contributed by atoms with Crippen LogP contribution in [0.2, 0.25) is 15.1 Å². The van der Waals surface area contributed by atoms with Crippen molar-refractivity contribution in [1.82, 2.24) is 14.5 Å². The predicted molar refractivity (Wildman–Crippen MR) is 131 cm³/mol. The summed E-state index contributed by atoms with van der Waals surface area (Å²) in [7, 11) is -2.67. The van der Waals surface area contributed by atoms with Crippen molar-refractivity contribution in [1.29, 1.82) is 0 Å². The highest BCUT2D eigenvalue weighted by Crippen LogP contribution is 2.27. The number of hydrogen-bond donors (Lipinski definition) is 1. The number of nitrogens with one attached hydrogen (secondary N) is 1. The molecule has 0 saturated heterocycles. The molecule has 1 N–H and O–H groups in total. The van der Waals surface area contributed by atoms with Crippen LogP contribution in [0, 0.1) is 0 Å². The molecule has 0 saturated carbocycles. The molecular weight excluding hydrogens is 509 g/mol. The molecule has 0 bridgehead atoms. The number of likely N-dealkylation sites (N-methyl/N-ethyl adjacent to an activating group) is 1. The molecule has 0 fully saturated rings. The van der Waals surface area contributed by atoms with Crippen LogP contribution in [-0.2, 0) is 26.2 Å². The lowest BCUT2D eigenvalue weighted by molar-refractivity contribution is -0.140. The summed E-state index contributed by atoms with van der Waals surface area (Å²) < 4.78 is 26.7. The number of carbonyl (C=O) groups is 2. The Morgan fingerprint density at radius 3 is 2.03 bits per heavy atom. The summed E-state index contributed by atoms with van der Waals surface area (Å²) >= 11 is 18.4. The molecule has 2 aromatic carbocycles. The van der Waals surface area contributed by atoms with E-state index in [1.54, 1.807) is 39.0 Å². The summed E-state index contributed by atoms with van der Waals surface area (Å²) in [6.07, 6.45) is 0. The molecule has 0 radical (unpaired) electrons. The monoisotopic (exact) mass is 533 g/mol. The molecule has 0 heterocycles. The van der Waals surface area contributed by atoms with E-state index < -0.39 is 28.5 Å². The highest BCUT2D eigenvalue weighted by atomic mass is 35.5. The molecule has 180 valence electrons. The third kappa shape index (κ3) is 7.07. The van der Waals surface area contributed by atoms with Gasteiger partial charge in [0.2, 0.25) is 21.8 Å². The maximum absolute atomic E-state index is 13.3. The van der Waals surface area contributed by atoms with Crippen molar-refractivity contribution in [2.24, 2.45) is 0 Å². The fraction of sp³-hybridized carbons (Fsp3) is 0.364. The zero-order valence-corrected chi connectivity index (χ0v) is 21.8. The summed E-state index contributed by atoms with van der Waals surface area (Å²) in [5, 5.41) is 3.82. The molecule has 1 unspecified atom stereocenters. The minimum atomic E-state index is -3.96. The summed E-state index contributed by atoms with van der Waals surface area (Å²) in [6.45, 7) is 4.60. The molecular formula is C22H26Cl3N3O4S. The third-order valence-corrected chi connectivity index (χ3v) is 7.65. The van der Waals surface area contributed by atoms with Crippen molar-refractivity contribution in [3.05, 3.63) is 63.1 Å². The summed E-state index contributed by atoms with van der Waals surface area (Å²) in [6, 6.07) is 9.50. The van der Waals surface area contributed by atoms with Crippen molar-refractivity contribution < 1.29 is 18.0 Å². The Kier molecular flexibility index (Phi) is 9.58. The molecule has 1 atom stereocenters. The van der Waals surface area contributed by atoms with Crippen molar-refractivity contribution in [3.63, 3.8) is 0 Å². The molecule has 0 aliphatic rings. The summed E-state index contributed by atoms with van der Waals surface area (Å²) in [5.74, 6) is -0.970. The van der Waals surface area contributed by atoms with Gasteiger partial charge in [-0.1, -0.05) is 40.9 Å². The Morgan fingerprint density at radius 1 is 0.970 bits per heavy atom. The lowest BCUT2D eigenvalue weighted by atomic mass is 10.1. The zero-order chi connectivity index (χ0) is 24.9. The Labute approximate surface area is 209 Å². The van der Waals surface area contributed by atoms with Gasteiger partial charge in [-0.15, -0.1) is 0 Å². The zero-order valence-electron chi connectivity index (χ0n) is 18.7. The number of amides is 2. The topological polar surface area (TPSA) is 86.8 Å². The molecule has 7 nitrogen and oxygen atoms in total. The second-order valence-corrected chi connectivity index (χ2v) is 11.1.